The highest BCUT2D eigenvalue weighted by Crippen LogP contribution is 2.17. The van der Waals surface area contributed by atoms with Crippen LogP contribution in [0.5, 0.6) is 0 Å². The quantitative estimate of drug-likeness (QED) is 0.734. The number of rotatable bonds is 0. The summed E-state index contributed by atoms with van der Waals surface area (Å²) in [6.45, 7) is 5.72. The van der Waals surface area contributed by atoms with Crippen molar-refractivity contribution < 1.29 is 8.78 Å². The summed E-state index contributed by atoms with van der Waals surface area (Å²) < 4.78 is 25.7. The summed E-state index contributed by atoms with van der Waals surface area (Å²) in [4.78, 5) is 13.7. The van der Waals surface area contributed by atoms with Crippen LogP contribution in [0, 0.1) is 18.6 Å². The summed E-state index contributed by atoms with van der Waals surface area (Å²) in [6.07, 6.45) is 1.47. The maximum absolute atomic E-state index is 12.9. The van der Waals surface area contributed by atoms with Gasteiger partial charge in [0.15, 0.2) is 11.6 Å². The lowest BCUT2D eigenvalue weighted by molar-refractivity contribution is 0.511. The molecule has 0 saturated heterocycles. The van der Waals surface area contributed by atoms with Crippen molar-refractivity contribution in [3.05, 3.63) is 45.9 Å². The van der Waals surface area contributed by atoms with Gasteiger partial charge in [0.2, 0.25) is 0 Å². The van der Waals surface area contributed by atoms with E-state index >= 15 is 0 Å². The fourth-order valence-corrected chi connectivity index (χ4v) is 1.39. The second-order valence-electron chi connectivity index (χ2n) is 3.11. The summed E-state index contributed by atoms with van der Waals surface area (Å²) in [6, 6.07) is 1.95. The molecule has 16 heavy (non-hydrogen) atoms. The minimum Gasteiger partial charge on any atom is -0.328 e. The molecule has 0 aliphatic carbocycles. The first kappa shape index (κ1) is 12.4. The smallest absolute Gasteiger partial charge is 0.255 e. The normalized spacial score (nSPS) is 9.81. The van der Waals surface area contributed by atoms with E-state index in [0.29, 0.717) is 10.9 Å². The summed E-state index contributed by atoms with van der Waals surface area (Å²) in [5, 5.41) is 0.608. The third-order valence-corrected chi connectivity index (χ3v) is 2.15. The molecule has 0 spiro atoms. The lowest BCUT2D eigenvalue weighted by Crippen LogP contribution is -2.06. The molecule has 86 valence electrons. The largest absolute Gasteiger partial charge is 0.328 e. The number of aromatic amines is 1. The number of aromatic nitrogens is 1. The number of aryl methyl sites for hydroxylation is 1. The van der Waals surface area contributed by atoms with Crippen molar-refractivity contribution in [1.29, 1.82) is 0 Å². The van der Waals surface area contributed by atoms with E-state index in [0.717, 1.165) is 12.1 Å². The van der Waals surface area contributed by atoms with Crippen LogP contribution in [-0.2, 0) is 0 Å². The third kappa shape index (κ3) is 2.10. The molecule has 0 unspecified atom stereocenters. The number of benzene rings is 1. The van der Waals surface area contributed by atoms with E-state index < -0.39 is 17.2 Å². The van der Waals surface area contributed by atoms with Crippen LogP contribution in [0.3, 0.4) is 0 Å². The highest BCUT2D eigenvalue weighted by atomic mass is 19.2. The second-order valence-corrected chi connectivity index (χ2v) is 3.11. The van der Waals surface area contributed by atoms with E-state index in [1.807, 2.05) is 13.8 Å². The monoisotopic (exact) mass is 225 g/mol. The van der Waals surface area contributed by atoms with Gasteiger partial charge in [-0.15, -0.1) is 0 Å². The molecule has 1 heterocycles. The Morgan fingerprint density at radius 2 is 1.56 bits per heavy atom. The van der Waals surface area contributed by atoms with Gasteiger partial charge in [-0.25, -0.2) is 8.78 Å². The van der Waals surface area contributed by atoms with Gasteiger partial charge in [-0.2, -0.15) is 0 Å². The van der Waals surface area contributed by atoms with Crippen LogP contribution in [0.4, 0.5) is 8.78 Å². The molecule has 1 aromatic carbocycles. The van der Waals surface area contributed by atoms with Crippen molar-refractivity contribution in [2.75, 3.05) is 0 Å². The van der Waals surface area contributed by atoms with E-state index in [1.165, 1.54) is 6.20 Å². The zero-order chi connectivity index (χ0) is 12.3. The van der Waals surface area contributed by atoms with Gasteiger partial charge in [-0.1, -0.05) is 13.8 Å². The number of halogens is 2. The Morgan fingerprint density at radius 3 is 2.12 bits per heavy atom. The first-order valence-corrected chi connectivity index (χ1v) is 5.06. The maximum atomic E-state index is 12.9. The second kappa shape index (κ2) is 4.88. The molecule has 1 N–H and O–H groups in total. The molecule has 2 nitrogen and oxygen atoms in total. The van der Waals surface area contributed by atoms with E-state index in [2.05, 4.69) is 4.98 Å². The lowest BCUT2D eigenvalue weighted by atomic mass is 10.1. The summed E-state index contributed by atoms with van der Waals surface area (Å²) >= 11 is 0. The Kier molecular flexibility index (Phi) is 3.77. The van der Waals surface area contributed by atoms with Gasteiger partial charge in [-0.3, -0.25) is 4.79 Å². The van der Waals surface area contributed by atoms with Crippen LogP contribution < -0.4 is 5.56 Å². The molecule has 0 bridgehead atoms. The van der Waals surface area contributed by atoms with Crippen molar-refractivity contribution in [3.8, 4) is 0 Å². The number of fused-ring (bicyclic) bond motifs is 1. The van der Waals surface area contributed by atoms with Gasteiger partial charge >= 0.3 is 0 Å². The van der Waals surface area contributed by atoms with Gasteiger partial charge < -0.3 is 4.98 Å². The Hall–Kier alpha value is -1.71. The van der Waals surface area contributed by atoms with Gasteiger partial charge in [-0.05, 0) is 30.0 Å². The summed E-state index contributed by atoms with van der Waals surface area (Å²) in [5.41, 5.74) is 0.294. The lowest BCUT2D eigenvalue weighted by Gasteiger charge is -2.01. The molecule has 0 aliphatic rings. The zero-order valence-electron chi connectivity index (χ0n) is 9.40. The minimum absolute atomic E-state index is 0.170. The van der Waals surface area contributed by atoms with E-state index in [9.17, 15) is 13.6 Å². The van der Waals surface area contributed by atoms with E-state index in [4.69, 9.17) is 0 Å². The fourth-order valence-electron chi connectivity index (χ4n) is 1.39. The van der Waals surface area contributed by atoms with Crippen LogP contribution >= 0.6 is 0 Å². The predicted octanol–water partition coefficient (Wildman–Crippen LogP) is 3.14. The SMILES string of the molecule is CC.Cc1c[nH]c(=O)c2cc(F)c(F)cc12. The molecule has 0 saturated carbocycles. The molecular weight excluding hydrogens is 212 g/mol. The zero-order valence-corrected chi connectivity index (χ0v) is 9.40. The number of H-pyrrole nitrogens is 1. The van der Waals surface area contributed by atoms with Crippen LogP contribution in [0.1, 0.15) is 19.4 Å². The van der Waals surface area contributed by atoms with Crippen LogP contribution in [0.2, 0.25) is 0 Å². The number of hydrogen-bond donors (Lipinski definition) is 1. The molecule has 1 aromatic heterocycles. The van der Waals surface area contributed by atoms with Crippen molar-refractivity contribution in [3.63, 3.8) is 0 Å². The third-order valence-electron chi connectivity index (χ3n) is 2.15. The molecule has 0 amide bonds. The first-order chi connectivity index (χ1) is 7.59. The average molecular weight is 225 g/mol. The summed E-state index contributed by atoms with van der Waals surface area (Å²) in [5.74, 6) is -1.94. The van der Waals surface area contributed by atoms with Crippen molar-refractivity contribution in [2.24, 2.45) is 0 Å². The number of pyridine rings is 1. The molecule has 2 rings (SSSR count). The first-order valence-electron chi connectivity index (χ1n) is 5.06. The topological polar surface area (TPSA) is 32.9 Å². The highest BCUT2D eigenvalue weighted by molar-refractivity contribution is 5.84. The standard InChI is InChI=1S/C10H7F2NO.C2H6/c1-5-4-13-10(14)7-3-9(12)8(11)2-6(5)7;1-2/h2-4H,1H3,(H,13,14);1-2H3. The van der Waals surface area contributed by atoms with Gasteiger partial charge in [0.25, 0.3) is 5.56 Å². The number of nitrogens with one attached hydrogen (secondary N) is 1. The van der Waals surface area contributed by atoms with Gasteiger partial charge in [0, 0.05) is 6.20 Å². The molecule has 0 radical (unpaired) electrons. The fraction of sp³-hybridized carbons (Fsp3) is 0.250. The predicted molar refractivity (Wildman–Crippen MR) is 60.6 cm³/mol. The Morgan fingerprint density at radius 1 is 1.06 bits per heavy atom. The van der Waals surface area contributed by atoms with Gasteiger partial charge in [0.05, 0.1) is 5.39 Å². The average Bonchev–Trinajstić information content (AvgIpc) is 2.29. The van der Waals surface area contributed by atoms with Crippen LogP contribution in [0.15, 0.2) is 23.1 Å². The van der Waals surface area contributed by atoms with E-state index in [-0.39, 0.29) is 5.39 Å². The Balaban J connectivity index is 0.000000606. The van der Waals surface area contributed by atoms with Crippen molar-refractivity contribution >= 4 is 10.8 Å². The van der Waals surface area contributed by atoms with Crippen LogP contribution in [-0.4, -0.2) is 4.98 Å². The van der Waals surface area contributed by atoms with Gasteiger partial charge in [0.1, 0.15) is 0 Å². The molecule has 2 aromatic rings. The Labute approximate surface area is 91.9 Å². The Bertz CT molecular complexity index is 561. The number of hydrogen-bond acceptors (Lipinski definition) is 1. The molecule has 0 atom stereocenters. The molecule has 4 heteroatoms. The summed E-state index contributed by atoms with van der Waals surface area (Å²) in [7, 11) is 0. The molecule has 0 fully saturated rings. The van der Waals surface area contributed by atoms with Crippen molar-refractivity contribution in [2.45, 2.75) is 20.8 Å². The van der Waals surface area contributed by atoms with Crippen LogP contribution in [0.25, 0.3) is 10.8 Å². The maximum Gasteiger partial charge on any atom is 0.255 e. The van der Waals surface area contributed by atoms with E-state index in [1.54, 1.807) is 6.92 Å². The molecule has 0 aliphatic heterocycles. The van der Waals surface area contributed by atoms with Crippen molar-refractivity contribution in [1.82, 2.24) is 4.98 Å². The highest BCUT2D eigenvalue weighted by Gasteiger charge is 2.07. The minimum atomic E-state index is -1.01. The molecular formula is C12H13F2NO.